The molecule has 1 unspecified atom stereocenters. The van der Waals surface area contributed by atoms with Crippen molar-refractivity contribution in [3.05, 3.63) is 48.0 Å². The molecule has 108 valence electrons. The van der Waals surface area contributed by atoms with Gasteiger partial charge in [0.05, 0.1) is 26.6 Å². The molecular weight excluding hydrogens is 274 g/mol. The van der Waals surface area contributed by atoms with Gasteiger partial charge in [-0.3, -0.25) is 4.79 Å². The first-order valence-electron chi connectivity index (χ1n) is 6.59. The molecule has 2 aromatic carbocycles. The minimum absolute atomic E-state index is 0. The van der Waals surface area contributed by atoms with E-state index >= 15 is 0 Å². The Kier molecular flexibility index (Phi) is 5.99. The van der Waals surface area contributed by atoms with Crippen LogP contribution in [0, 0.1) is 0 Å². The van der Waals surface area contributed by atoms with Crippen LogP contribution in [0.15, 0.2) is 42.5 Å². The number of carboxylic acids is 1. The molecular formula is C16H20ClNO2. The summed E-state index contributed by atoms with van der Waals surface area (Å²) < 4.78 is 0. The highest BCUT2D eigenvalue weighted by Gasteiger charge is 2.22. The molecule has 0 saturated heterocycles. The van der Waals surface area contributed by atoms with Crippen molar-refractivity contribution >= 4 is 16.7 Å². The van der Waals surface area contributed by atoms with Gasteiger partial charge in [0.15, 0.2) is 0 Å². The molecule has 0 amide bonds. The second-order valence-electron chi connectivity index (χ2n) is 5.20. The van der Waals surface area contributed by atoms with Gasteiger partial charge < -0.3 is 22.4 Å². The molecule has 4 heteroatoms. The second-order valence-corrected chi connectivity index (χ2v) is 5.20. The number of fused-ring (bicyclic) bond motifs is 1. The van der Waals surface area contributed by atoms with E-state index in [-0.39, 0.29) is 12.4 Å². The van der Waals surface area contributed by atoms with Crippen molar-refractivity contribution in [3.63, 3.8) is 0 Å². The summed E-state index contributed by atoms with van der Waals surface area (Å²) in [6, 6.07) is 13.9. The fourth-order valence-electron chi connectivity index (χ4n) is 2.40. The molecule has 0 heterocycles. The van der Waals surface area contributed by atoms with E-state index in [0.717, 1.165) is 22.9 Å². The normalized spacial score (nSPS) is 12.2. The minimum Gasteiger partial charge on any atom is -1.00 e. The monoisotopic (exact) mass is 293 g/mol. The second kappa shape index (κ2) is 7.27. The maximum absolute atomic E-state index is 11.5. The number of carbonyl (C=O) groups is 1. The molecule has 1 atom stereocenters. The third kappa shape index (κ3) is 3.71. The zero-order valence-corrected chi connectivity index (χ0v) is 12.5. The topological polar surface area (TPSA) is 41.7 Å². The number of halogens is 1. The fourth-order valence-corrected chi connectivity index (χ4v) is 2.40. The molecule has 0 fully saturated rings. The fraction of sp³-hybridized carbons (Fsp3) is 0.312. The lowest BCUT2D eigenvalue weighted by molar-refractivity contribution is -0.858. The highest BCUT2D eigenvalue weighted by molar-refractivity contribution is 5.90. The number of hydrogen-bond donors (Lipinski definition) is 2. The van der Waals surface area contributed by atoms with Crippen molar-refractivity contribution < 1.29 is 27.2 Å². The number of aliphatic carboxylic acids is 1. The van der Waals surface area contributed by atoms with Crippen molar-refractivity contribution in [1.29, 1.82) is 0 Å². The van der Waals surface area contributed by atoms with Crippen LogP contribution >= 0.6 is 0 Å². The van der Waals surface area contributed by atoms with E-state index in [0.29, 0.717) is 6.42 Å². The van der Waals surface area contributed by atoms with Gasteiger partial charge in [0.1, 0.15) is 0 Å². The summed E-state index contributed by atoms with van der Waals surface area (Å²) in [7, 11) is 4.09. The van der Waals surface area contributed by atoms with Crippen LogP contribution in [0.5, 0.6) is 0 Å². The molecule has 0 aliphatic heterocycles. The largest absolute Gasteiger partial charge is 1.00 e. The van der Waals surface area contributed by atoms with E-state index in [4.69, 9.17) is 0 Å². The van der Waals surface area contributed by atoms with Crippen LogP contribution in [0.3, 0.4) is 0 Å². The number of carboxylic acid groups (broad SMARTS) is 1. The summed E-state index contributed by atoms with van der Waals surface area (Å²) in [6.45, 7) is 0.847. The zero-order chi connectivity index (χ0) is 13.8. The van der Waals surface area contributed by atoms with Gasteiger partial charge in [-0.15, -0.1) is 0 Å². The first-order chi connectivity index (χ1) is 9.09. The van der Waals surface area contributed by atoms with Crippen LogP contribution in [0.1, 0.15) is 17.9 Å². The van der Waals surface area contributed by atoms with E-state index in [9.17, 15) is 9.90 Å². The Hall–Kier alpha value is -1.58. The standard InChI is InChI=1S/C16H19NO2.ClH/c1-17(2)11-10-15(16(18)19)14-9-5-7-12-6-3-4-8-13(12)14;/h3-9,15H,10-11H2,1-2H3,(H,18,19);1H. The summed E-state index contributed by atoms with van der Waals surface area (Å²) in [5, 5.41) is 11.6. The molecule has 0 aliphatic carbocycles. The van der Waals surface area contributed by atoms with Crippen molar-refractivity contribution in [3.8, 4) is 0 Å². The maximum Gasteiger partial charge on any atom is 0.311 e. The third-order valence-corrected chi connectivity index (χ3v) is 3.43. The molecule has 0 aromatic heterocycles. The smallest absolute Gasteiger partial charge is 0.311 e. The van der Waals surface area contributed by atoms with Crippen molar-refractivity contribution in [2.75, 3.05) is 20.6 Å². The van der Waals surface area contributed by atoms with Gasteiger partial charge in [-0.25, -0.2) is 0 Å². The Morgan fingerprint density at radius 1 is 1.15 bits per heavy atom. The molecule has 2 rings (SSSR count). The van der Waals surface area contributed by atoms with Crippen LogP contribution in [0.25, 0.3) is 10.8 Å². The van der Waals surface area contributed by atoms with Crippen LogP contribution in [-0.4, -0.2) is 31.7 Å². The summed E-state index contributed by atoms with van der Waals surface area (Å²) in [5.41, 5.74) is 0.923. The number of benzene rings is 2. The molecule has 0 saturated carbocycles. The van der Waals surface area contributed by atoms with Crippen LogP contribution in [-0.2, 0) is 4.79 Å². The highest BCUT2D eigenvalue weighted by atomic mass is 35.5. The summed E-state index contributed by atoms with van der Waals surface area (Å²) in [5.74, 6) is -1.17. The van der Waals surface area contributed by atoms with Crippen molar-refractivity contribution in [1.82, 2.24) is 0 Å². The number of quaternary nitrogens is 1. The first-order valence-corrected chi connectivity index (χ1v) is 6.59. The highest BCUT2D eigenvalue weighted by Crippen LogP contribution is 2.27. The lowest BCUT2D eigenvalue weighted by Gasteiger charge is -2.16. The maximum atomic E-state index is 11.5. The number of nitrogens with one attached hydrogen (secondary N) is 1. The first kappa shape index (κ1) is 16.5. The minimum atomic E-state index is -0.738. The molecule has 20 heavy (non-hydrogen) atoms. The SMILES string of the molecule is C[NH+](C)CCC(C(=O)O)c1cccc2ccccc12.[Cl-]. The van der Waals surface area contributed by atoms with E-state index < -0.39 is 11.9 Å². The molecule has 0 bridgehead atoms. The molecule has 0 aliphatic rings. The average Bonchev–Trinajstić information content (AvgIpc) is 2.38. The van der Waals surface area contributed by atoms with Gasteiger partial charge in [0, 0.05) is 6.42 Å². The Labute approximate surface area is 125 Å². The molecule has 2 aromatic rings. The van der Waals surface area contributed by atoms with Crippen LogP contribution in [0.2, 0.25) is 0 Å². The number of rotatable bonds is 5. The molecule has 2 N–H and O–H groups in total. The summed E-state index contributed by atoms with van der Waals surface area (Å²) in [4.78, 5) is 12.8. The van der Waals surface area contributed by atoms with Gasteiger partial charge in [-0.1, -0.05) is 42.5 Å². The van der Waals surface area contributed by atoms with Gasteiger partial charge in [-0.05, 0) is 16.3 Å². The zero-order valence-electron chi connectivity index (χ0n) is 11.8. The van der Waals surface area contributed by atoms with E-state index in [1.54, 1.807) is 0 Å². The van der Waals surface area contributed by atoms with Crippen LogP contribution < -0.4 is 17.3 Å². The lowest BCUT2D eigenvalue weighted by Crippen LogP contribution is -3.05. The van der Waals surface area contributed by atoms with Gasteiger partial charge in [0.25, 0.3) is 0 Å². The average molecular weight is 294 g/mol. The predicted molar refractivity (Wildman–Crippen MR) is 76.6 cm³/mol. The van der Waals surface area contributed by atoms with Crippen molar-refractivity contribution in [2.24, 2.45) is 0 Å². The Balaban J connectivity index is 0.00000200. The van der Waals surface area contributed by atoms with E-state index in [1.165, 1.54) is 4.90 Å². The predicted octanol–water partition coefficient (Wildman–Crippen LogP) is -1.45. The van der Waals surface area contributed by atoms with Gasteiger partial charge >= 0.3 is 5.97 Å². The Morgan fingerprint density at radius 3 is 2.45 bits per heavy atom. The Morgan fingerprint density at radius 2 is 1.80 bits per heavy atom. The van der Waals surface area contributed by atoms with E-state index in [1.807, 2.05) is 56.6 Å². The molecule has 0 radical (unpaired) electrons. The molecule has 3 nitrogen and oxygen atoms in total. The van der Waals surface area contributed by atoms with Crippen molar-refractivity contribution in [2.45, 2.75) is 12.3 Å². The summed E-state index contributed by atoms with van der Waals surface area (Å²) in [6.07, 6.45) is 0.658. The lowest BCUT2D eigenvalue weighted by atomic mass is 9.91. The van der Waals surface area contributed by atoms with Gasteiger partial charge in [0.2, 0.25) is 0 Å². The molecule has 0 spiro atoms. The number of hydrogen-bond acceptors (Lipinski definition) is 1. The summed E-state index contributed by atoms with van der Waals surface area (Å²) >= 11 is 0. The van der Waals surface area contributed by atoms with Gasteiger partial charge in [-0.2, -0.15) is 0 Å². The third-order valence-electron chi connectivity index (χ3n) is 3.43. The Bertz CT molecular complexity index is 578. The van der Waals surface area contributed by atoms with E-state index in [2.05, 4.69) is 0 Å². The van der Waals surface area contributed by atoms with Crippen LogP contribution in [0.4, 0.5) is 0 Å². The quantitative estimate of drug-likeness (QED) is 0.708.